The van der Waals surface area contributed by atoms with Crippen LogP contribution in [0.3, 0.4) is 0 Å². The minimum atomic E-state index is -0.712. The standard InChI is InChI=1S/C11H14O3.Al/c1-11(2,3)9-7-5-4-6-8(9)10(12)14-13;/h4-7,13H,1-3H3;. The lowest BCUT2D eigenvalue weighted by Gasteiger charge is -2.21. The highest BCUT2D eigenvalue weighted by atomic mass is 27.0. The van der Waals surface area contributed by atoms with E-state index in [1.165, 1.54) is 0 Å². The number of hydrogen-bond acceptors (Lipinski definition) is 3. The summed E-state index contributed by atoms with van der Waals surface area (Å²) in [6, 6.07) is 7.08. The maximum Gasteiger partial charge on any atom is 0.373 e. The molecule has 79 valence electrons. The molecule has 1 rings (SSSR count). The van der Waals surface area contributed by atoms with Gasteiger partial charge in [0.25, 0.3) is 0 Å². The highest BCUT2D eigenvalue weighted by Crippen LogP contribution is 2.25. The Balaban J connectivity index is 0.00000196. The SMILES string of the molecule is CC(C)(C)c1ccccc1C(=O)OO.[Al]. The summed E-state index contributed by atoms with van der Waals surface area (Å²) in [6.07, 6.45) is 0. The molecule has 3 nitrogen and oxygen atoms in total. The van der Waals surface area contributed by atoms with E-state index in [2.05, 4.69) is 4.89 Å². The smallest absolute Gasteiger partial charge is 0.295 e. The Morgan fingerprint density at radius 3 is 2.27 bits per heavy atom. The topological polar surface area (TPSA) is 46.5 Å². The number of rotatable bonds is 1. The van der Waals surface area contributed by atoms with E-state index in [1.807, 2.05) is 32.9 Å². The average Bonchev–Trinajstić information content (AvgIpc) is 2.15. The third-order valence-corrected chi connectivity index (χ3v) is 2.04. The highest BCUT2D eigenvalue weighted by Gasteiger charge is 2.21. The molecule has 4 heteroatoms. The summed E-state index contributed by atoms with van der Waals surface area (Å²) in [4.78, 5) is 14.9. The summed E-state index contributed by atoms with van der Waals surface area (Å²) >= 11 is 0. The molecule has 0 fully saturated rings. The van der Waals surface area contributed by atoms with E-state index in [9.17, 15) is 4.79 Å². The molecule has 1 aromatic rings. The second-order valence-corrected chi connectivity index (χ2v) is 4.17. The van der Waals surface area contributed by atoms with Crippen LogP contribution in [0.4, 0.5) is 0 Å². The molecular weight excluding hydrogens is 207 g/mol. The van der Waals surface area contributed by atoms with Gasteiger partial charge in [-0.15, -0.1) is 0 Å². The predicted molar refractivity (Wildman–Crippen MR) is 58.9 cm³/mol. The lowest BCUT2D eigenvalue weighted by molar-refractivity contribution is -0.182. The molecule has 3 radical (unpaired) electrons. The van der Waals surface area contributed by atoms with Gasteiger partial charge in [-0.1, -0.05) is 39.0 Å². The zero-order chi connectivity index (χ0) is 10.8. The fraction of sp³-hybridized carbons (Fsp3) is 0.364. The van der Waals surface area contributed by atoms with Crippen molar-refractivity contribution in [1.82, 2.24) is 0 Å². The normalized spacial score (nSPS) is 10.4. The zero-order valence-corrected chi connectivity index (χ0v) is 10.3. The van der Waals surface area contributed by atoms with Crippen LogP contribution in [0, 0.1) is 0 Å². The first-order valence-electron chi connectivity index (χ1n) is 4.42. The van der Waals surface area contributed by atoms with Gasteiger partial charge in [0.15, 0.2) is 0 Å². The van der Waals surface area contributed by atoms with E-state index in [0.29, 0.717) is 5.56 Å². The van der Waals surface area contributed by atoms with Crippen LogP contribution >= 0.6 is 0 Å². The fourth-order valence-corrected chi connectivity index (χ4v) is 1.36. The van der Waals surface area contributed by atoms with Crippen LogP contribution in [0.2, 0.25) is 0 Å². The number of hydrogen-bond donors (Lipinski definition) is 1. The van der Waals surface area contributed by atoms with Gasteiger partial charge in [0.05, 0.1) is 5.56 Å². The van der Waals surface area contributed by atoms with Crippen molar-refractivity contribution in [1.29, 1.82) is 0 Å². The minimum Gasteiger partial charge on any atom is -0.295 e. The van der Waals surface area contributed by atoms with Crippen LogP contribution in [-0.4, -0.2) is 28.6 Å². The van der Waals surface area contributed by atoms with Crippen molar-refractivity contribution in [3.05, 3.63) is 35.4 Å². The molecule has 0 saturated carbocycles. The maximum absolute atomic E-state index is 11.2. The van der Waals surface area contributed by atoms with Gasteiger partial charge in [0.2, 0.25) is 0 Å². The Hall–Kier alpha value is -0.818. The molecule has 0 unspecified atom stereocenters. The molecule has 0 aliphatic carbocycles. The molecule has 0 aliphatic rings. The van der Waals surface area contributed by atoms with E-state index >= 15 is 0 Å². The van der Waals surface area contributed by atoms with Gasteiger partial charge >= 0.3 is 5.97 Å². The number of carbonyl (C=O) groups is 1. The molecule has 0 saturated heterocycles. The molecule has 0 bridgehead atoms. The average molecular weight is 221 g/mol. The molecule has 15 heavy (non-hydrogen) atoms. The summed E-state index contributed by atoms with van der Waals surface area (Å²) in [5.41, 5.74) is 1.12. The first-order chi connectivity index (χ1) is 6.46. The largest absolute Gasteiger partial charge is 0.373 e. The highest BCUT2D eigenvalue weighted by molar-refractivity contribution is 5.91. The first kappa shape index (κ1) is 14.2. The van der Waals surface area contributed by atoms with E-state index in [-0.39, 0.29) is 22.8 Å². The van der Waals surface area contributed by atoms with Crippen LogP contribution < -0.4 is 0 Å². The molecule has 0 atom stereocenters. The summed E-state index contributed by atoms with van der Waals surface area (Å²) < 4.78 is 0. The molecule has 0 spiro atoms. The fourth-order valence-electron chi connectivity index (χ4n) is 1.36. The third kappa shape index (κ3) is 3.35. The number of carbonyl (C=O) groups excluding carboxylic acids is 1. The van der Waals surface area contributed by atoms with Gasteiger partial charge in [-0.25, -0.2) is 4.79 Å². The summed E-state index contributed by atoms with van der Waals surface area (Å²) in [6.45, 7) is 5.99. The van der Waals surface area contributed by atoms with Crippen LogP contribution in [0.1, 0.15) is 36.7 Å². The van der Waals surface area contributed by atoms with Gasteiger partial charge in [-0.2, -0.15) is 5.26 Å². The lowest BCUT2D eigenvalue weighted by atomic mass is 9.84. The summed E-state index contributed by atoms with van der Waals surface area (Å²) in [5, 5.41) is 8.33. The van der Waals surface area contributed by atoms with Gasteiger partial charge in [0, 0.05) is 17.4 Å². The molecule has 1 aromatic carbocycles. The summed E-state index contributed by atoms with van der Waals surface area (Å²) in [7, 11) is 0. The van der Waals surface area contributed by atoms with Gasteiger partial charge in [0.1, 0.15) is 0 Å². The maximum atomic E-state index is 11.2. The second-order valence-electron chi connectivity index (χ2n) is 4.17. The van der Waals surface area contributed by atoms with E-state index < -0.39 is 5.97 Å². The van der Waals surface area contributed by atoms with Crippen molar-refractivity contribution in [2.75, 3.05) is 0 Å². The molecule has 0 aromatic heterocycles. The van der Waals surface area contributed by atoms with Crippen LogP contribution in [-0.2, 0) is 10.3 Å². The Labute approximate surface area is 100 Å². The van der Waals surface area contributed by atoms with Crippen molar-refractivity contribution in [2.45, 2.75) is 26.2 Å². The quantitative estimate of drug-likeness (QED) is 0.449. The van der Waals surface area contributed by atoms with Crippen LogP contribution in [0.5, 0.6) is 0 Å². The van der Waals surface area contributed by atoms with E-state index in [0.717, 1.165) is 5.56 Å². The van der Waals surface area contributed by atoms with Gasteiger partial charge < -0.3 is 0 Å². The van der Waals surface area contributed by atoms with Crippen LogP contribution in [0.15, 0.2) is 24.3 Å². The molecule has 1 N–H and O–H groups in total. The van der Waals surface area contributed by atoms with Crippen molar-refractivity contribution >= 4 is 23.3 Å². The molecule has 0 aliphatic heterocycles. The molecule has 0 amide bonds. The zero-order valence-electron chi connectivity index (χ0n) is 9.15. The Morgan fingerprint density at radius 1 is 1.27 bits per heavy atom. The molecule has 0 heterocycles. The van der Waals surface area contributed by atoms with Crippen molar-refractivity contribution < 1.29 is 14.9 Å². The first-order valence-corrected chi connectivity index (χ1v) is 4.42. The predicted octanol–water partition coefficient (Wildman–Crippen LogP) is 2.23. The lowest BCUT2D eigenvalue weighted by Crippen LogP contribution is -2.17. The summed E-state index contributed by atoms with van der Waals surface area (Å²) in [5.74, 6) is -0.712. The van der Waals surface area contributed by atoms with Crippen molar-refractivity contribution in [3.63, 3.8) is 0 Å². The van der Waals surface area contributed by atoms with Crippen molar-refractivity contribution in [3.8, 4) is 0 Å². The van der Waals surface area contributed by atoms with Crippen molar-refractivity contribution in [2.24, 2.45) is 0 Å². The van der Waals surface area contributed by atoms with Crippen LogP contribution in [0.25, 0.3) is 0 Å². The Morgan fingerprint density at radius 2 is 1.80 bits per heavy atom. The monoisotopic (exact) mass is 221 g/mol. The Kier molecular flexibility index (Phi) is 5.03. The third-order valence-electron chi connectivity index (χ3n) is 2.04. The van der Waals surface area contributed by atoms with Gasteiger partial charge in [-0.05, 0) is 17.0 Å². The molecular formula is C11H14AlO3. The van der Waals surface area contributed by atoms with E-state index in [1.54, 1.807) is 12.1 Å². The van der Waals surface area contributed by atoms with Gasteiger partial charge in [-0.3, -0.25) is 4.89 Å². The minimum absolute atomic E-state index is 0. The van der Waals surface area contributed by atoms with E-state index in [4.69, 9.17) is 5.26 Å². The Bertz CT molecular complexity index is 342. The number of benzene rings is 1. The second kappa shape index (κ2) is 5.32.